The van der Waals surface area contributed by atoms with Crippen molar-refractivity contribution in [2.45, 2.75) is 6.92 Å². The molecule has 5 heteroatoms. The fraction of sp³-hybridized carbons (Fsp3) is 0.0769. The number of fused-ring (bicyclic) bond motifs is 1. The second kappa shape index (κ2) is 4.27. The number of H-pyrrole nitrogens is 1. The fourth-order valence-electron chi connectivity index (χ4n) is 1.78. The maximum absolute atomic E-state index is 12.0. The minimum absolute atomic E-state index is 0.120. The minimum Gasteiger partial charge on any atom is -0.304 e. The zero-order chi connectivity index (χ0) is 12.5. The highest BCUT2D eigenvalue weighted by molar-refractivity contribution is 7.14. The summed E-state index contributed by atoms with van der Waals surface area (Å²) in [6.07, 6.45) is 0. The Balaban J connectivity index is 1.90. The molecule has 0 bridgehead atoms. The lowest BCUT2D eigenvalue weighted by molar-refractivity contribution is 0.103. The van der Waals surface area contributed by atoms with Crippen LogP contribution in [-0.4, -0.2) is 16.1 Å². The van der Waals surface area contributed by atoms with Crippen LogP contribution in [0.4, 0.5) is 5.82 Å². The van der Waals surface area contributed by atoms with Crippen LogP contribution in [0.15, 0.2) is 36.4 Å². The van der Waals surface area contributed by atoms with Gasteiger partial charge in [-0.15, -0.1) is 11.3 Å². The van der Waals surface area contributed by atoms with E-state index < -0.39 is 0 Å². The van der Waals surface area contributed by atoms with Gasteiger partial charge in [0.1, 0.15) is 0 Å². The van der Waals surface area contributed by atoms with E-state index in [9.17, 15) is 4.79 Å². The third-order valence-corrected chi connectivity index (χ3v) is 3.67. The Hall–Kier alpha value is -2.14. The molecular weight excluding hydrogens is 246 g/mol. The van der Waals surface area contributed by atoms with Gasteiger partial charge in [0.2, 0.25) is 0 Å². The Morgan fingerprint density at radius 2 is 2.11 bits per heavy atom. The first-order valence-corrected chi connectivity index (χ1v) is 6.36. The van der Waals surface area contributed by atoms with Crippen molar-refractivity contribution in [3.05, 3.63) is 46.2 Å². The molecule has 4 nitrogen and oxygen atoms in total. The number of aryl methyl sites for hydroxylation is 1. The number of rotatable bonds is 2. The topological polar surface area (TPSA) is 57.8 Å². The zero-order valence-corrected chi connectivity index (χ0v) is 10.5. The van der Waals surface area contributed by atoms with Crippen LogP contribution in [0.25, 0.3) is 10.9 Å². The number of carbonyl (C=O) groups excluding carboxylic acids is 1. The molecule has 1 aromatic carbocycles. The molecule has 0 aliphatic carbocycles. The SMILES string of the molecule is Cc1ccc(C(=O)Nc2n[nH]c3ccccc23)s1. The van der Waals surface area contributed by atoms with Gasteiger partial charge in [-0.25, -0.2) is 0 Å². The molecule has 3 aromatic rings. The molecule has 18 heavy (non-hydrogen) atoms. The molecular formula is C13H11N3OS. The number of aromatic nitrogens is 2. The van der Waals surface area contributed by atoms with E-state index in [-0.39, 0.29) is 5.91 Å². The highest BCUT2D eigenvalue weighted by Gasteiger charge is 2.12. The summed E-state index contributed by atoms with van der Waals surface area (Å²) in [5.74, 6) is 0.451. The number of thiophene rings is 1. The van der Waals surface area contributed by atoms with E-state index in [0.29, 0.717) is 10.7 Å². The second-order valence-electron chi connectivity index (χ2n) is 3.98. The monoisotopic (exact) mass is 257 g/mol. The van der Waals surface area contributed by atoms with E-state index >= 15 is 0 Å². The van der Waals surface area contributed by atoms with Crippen molar-refractivity contribution in [2.24, 2.45) is 0 Å². The molecule has 0 spiro atoms. The number of amides is 1. The van der Waals surface area contributed by atoms with Gasteiger partial charge in [0, 0.05) is 10.3 Å². The number of carbonyl (C=O) groups is 1. The van der Waals surface area contributed by atoms with Gasteiger partial charge < -0.3 is 5.32 Å². The molecule has 90 valence electrons. The van der Waals surface area contributed by atoms with Crippen LogP contribution < -0.4 is 5.32 Å². The van der Waals surface area contributed by atoms with Gasteiger partial charge in [0.15, 0.2) is 5.82 Å². The van der Waals surface area contributed by atoms with Gasteiger partial charge in [0.05, 0.1) is 10.4 Å². The van der Waals surface area contributed by atoms with E-state index in [4.69, 9.17) is 0 Å². The number of anilines is 1. The summed E-state index contributed by atoms with van der Waals surface area (Å²) in [6, 6.07) is 11.4. The zero-order valence-electron chi connectivity index (χ0n) is 9.73. The smallest absolute Gasteiger partial charge is 0.266 e. The van der Waals surface area contributed by atoms with Gasteiger partial charge in [0.25, 0.3) is 5.91 Å². The van der Waals surface area contributed by atoms with Crippen molar-refractivity contribution in [3.63, 3.8) is 0 Å². The summed E-state index contributed by atoms with van der Waals surface area (Å²) in [5.41, 5.74) is 0.912. The number of hydrogen-bond acceptors (Lipinski definition) is 3. The van der Waals surface area contributed by atoms with E-state index in [1.807, 2.05) is 43.3 Å². The van der Waals surface area contributed by atoms with Crippen molar-refractivity contribution in [1.29, 1.82) is 0 Å². The molecule has 0 unspecified atom stereocenters. The molecule has 0 aliphatic rings. The van der Waals surface area contributed by atoms with Crippen LogP contribution in [0.2, 0.25) is 0 Å². The molecule has 0 radical (unpaired) electrons. The van der Waals surface area contributed by atoms with Gasteiger partial charge in [-0.2, -0.15) is 5.10 Å². The van der Waals surface area contributed by atoms with E-state index in [0.717, 1.165) is 15.8 Å². The predicted molar refractivity (Wildman–Crippen MR) is 73.1 cm³/mol. The summed E-state index contributed by atoms with van der Waals surface area (Å²) >= 11 is 1.47. The van der Waals surface area contributed by atoms with Crippen LogP contribution in [0.5, 0.6) is 0 Å². The lowest BCUT2D eigenvalue weighted by atomic mass is 10.2. The van der Waals surface area contributed by atoms with Crippen molar-refractivity contribution in [3.8, 4) is 0 Å². The molecule has 2 heterocycles. The first-order valence-electron chi connectivity index (χ1n) is 5.55. The van der Waals surface area contributed by atoms with Crippen LogP contribution in [0.1, 0.15) is 14.5 Å². The Bertz CT molecular complexity index is 714. The third kappa shape index (κ3) is 1.89. The molecule has 0 fully saturated rings. The van der Waals surface area contributed by atoms with Crippen molar-refractivity contribution >= 4 is 34.0 Å². The molecule has 0 atom stereocenters. The Morgan fingerprint density at radius 1 is 1.28 bits per heavy atom. The van der Waals surface area contributed by atoms with E-state index in [2.05, 4.69) is 15.5 Å². The van der Waals surface area contributed by atoms with Crippen LogP contribution in [-0.2, 0) is 0 Å². The number of aromatic amines is 1. The molecule has 0 saturated carbocycles. The average molecular weight is 257 g/mol. The molecule has 1 amide bonds. The van der Waals surface area contributed by atoms with Crippen LogP contribution in [0, 0.1) is 6.92 Å². The molecule has 3 rings (SSSR count). The maximum Gasteiger partial charge on any atom is 0.266 e. The van der Waals surface area contributed by atoms with Crippen LogP contribution in [0.3, 0.4) is 0 Å². The normalized spacial score (nSPS) is 10.7. The molecule has 2 aromatic heterocycles. The van der Waals surface area contributed by atoms with E-state index in [1.54, 1.807) is 0 Å². The standard InChI is InChI=1S/C13H11N3OS/c1-8-6-7-11(18-8)13(17)14-12-9-4-2-3-5-10(9)15-16-12/h2-7H,1H3,(H2,14,15,16,17). The highest BCUT2D eigenvalue weighted by atomic mass is 32.1. The summed E-state index contributed by atoms with van der Waals surface area (Å²) in [5, 5.41) is 10.7. The number of nitrogens with one attached hydrogen (secondary N) is 2. The Kier molecular flexibility index (Phi) is 2.60. The number of benzene rings is 1. The van der Waals surface area contributed by atoms with Gasteiger partial charge >= 0.3 is 0 Å². The van der Waals surface area contributed by atoms with E-state index in [1.165, 1.54) is 11.3 Å². The van der Waals surface area contributed by atoms with Crippen molar-refractivity contribution in [1.82, 2.24) is 10.2 Å². The van der Waals surface area contributed by atoms with Crippen molar-refractivity contribution in [2.75, 3.05) is 5.32 Å². The first-order chi connectivity index (χ1) is 8.74. The third-order valence-electron chi connectivity index (χ3n) is 2.67. The number of hydrogen-bond donors (Lipinski definition) is 2. The summed E-state index contributed by atoms with van der Waals surface area (Å²) in [6.45, 7) is 1.98. The molecule has 2 N–H and O–H groups in total. The van der Waals surface area contributed by atoms with Gasteiger partial charge in [-0.05, 0) is 31.2 Å². The summed E-state index contributed by atoms with van der Waals surface area (Å²) < 4.78 is 0. The second-order valence-corrected chi connectivity index (χ2v) is 5.27. The predicted octanol–water partition coefficient (Wildman–Crippen LogP) is 3.19. The lowest BCUT2D eigenvalue weighted by Gasteiger charge is -1.99. The minimum atomic E-state index is -0.120. The van der Waals surface area contributed by atoms with Gasteiger partial charge in [-0.1, -0.05) is 12.1 Å². The quantitative estimate of drug-likeness (QED) is 0.740. The fourth-order valence-corrected chi connectivity index (χ4v) is 2.55. The summed E-state index contributed by atoms with van der Waals surface area (Å²) in [4.78, 5) is 13.8. The lowest BCUT2D eigenvalue weighted by Crippen LogP contribution is -2.10. The largest absolute Gasteiger partial charge is 0.304 e. The Labute approximate surface area is 108 Å². The van der Waals surface area contributed by atoms with Crippen LogP contribution >= 0.6 is 11.3 Å². The molecule has 0 aliphatic heterocycles. The van der Waals surface area contributed by atoms with Gasteiger partial charge in [-0.3, -0.25) is 9.89 Å². The number of nitrogens with zero attached hydrogens (tertiary/aromatic N) is 1. The average Bonchev–Trinajstić information content (AvgIpc) is 2.97. The first kappa shape index (κ1) is 11.0. The highest BCUT2D eigenvalue weighted by Crippen LogP contribution is 2.21. The number of para-hydroxylation sites is 1. The van der Waals surface area contributed by atoms with Crippen molar-refractivity contribution < 1.29 is 4.79 Å². The molecule has 0 saturated heterocycles. The Morgan fingerprint density at radius 3 is 2.89 bits per heavy atom. The summed E-state index contributed by atoms with van der Waals surface area (Å²) in [7, 11) is 0. The maximum atomic E-state index is 12.0.